The third-order valence-electron chi connectivity index (χ3n) is 8.69. The maximum atomic E-state index is 14.2. The summed E-state index contributed by atoms with van der Waals surface area (Å²) in [4.78, 5) is 18.7. The topological polar surface area (TPSA) is 54.0 Å². The molecule has 3 aromatic rings. The van der Waals surface area contributed by atoms with Crippen molar-refractivity contribution in [2.24, 2.45) is 0 Å². The standard InChI is InChI=1S/C32H36ClN3O3/c1-38-30-15-23-11-12-35(19-25(23)16-31(30)39-2)32(37)29-17-26(34-18-24-9-5-6-10-28(24)33)20-36(29)27-13-21-7-3-4-8-22(21)14-27/h3-10,15-16,26-27,29,34H,11-14,17-20H2,1-2H3/t26-,29-/m0/s1. The van der Waals surface area contributed by atoms with Gasteiger partial charge in [0.25, 0.3) is 0 Å². The third-order valence-corrected chi connectivity index (χ3v) is 9.06. The summed E-state index contributed by atoms with van der Waals surface area (Å²) in [6.07, 6.45) is 3.61. The Morgan fingerprint density at radius 1 is 0.949 bits per heavy atom. The van der Waals surface area contributed by atoms with Crippen LogP contribution in [0.1, 0.15) is 34.2 Å². The minimum Gasteiger partial charge on any atom is -0.493 e. The molecule has 0 bridgehead atoms. The Bertz CT molecular complexity index is 1340. The molecule has 0 aromatic heterocycles. The molecule has 3 aliphatic rings. The van der Waals surface area contributed by atoms with Crippen LogP contribution in [-0.2, 0) is 37.1 Å². The van der Waals surface area contributed by atoms with Crippen molar-refractivity contribution in [3.8, 4) is 11.5 Å². The van der Waals surface area contributed by atoms with Gasteiger partial charge in [0.2, 0.25) is 5.91 Å². The van der Waals surface area contributed by atoms with E-state index in [2.05, 4.69) is 46.6 Å². The molecule has 1 fully saturated rings. The number of rotatable bonds is 7. The van der Waals surface area contributed by atoms with E-state index < -0.39 is 0 Å². The summed E-state index contributed by atoms with van der Waals surface area (Å²) in [5, 5.41) is 4.49. The number of amides is 1. The predicted molar refractivity (Wildman–Crippen MR) is 153 cm³/mol. The average Bonchev–Trinajstić information content (AvgIpc) is 3.59. The molecule has 2 aliphatic heterocycles. The molecule has 1 N–H and O–H groups in total. The molecule has 1 amide bonds. The van der Waals surface area contributed by atoms with Crippen LogP contribution < -0.4 is 14.8 Å². The van der Waals surface area contributed by atoms with Crippen LogP contribution in [0.3, 0.4) is 0 Å². The Morgan fingerprint density at radius 3 is 2.31 bits per heavy atom. The summed E-state index contributed by atoms with van der Waals surface area (Å²) >= 11 is 6.43. The van der Waals surface area contributed by atoms with Crippen molar-refractivity contribution in [3.63, 3.8) is 0 Å². The van der Waals surface area contributed by atoms with Crippen LogP contribution in [-0.4, -0.2) is 61.1 Å². The van der Waals surface area contributed by atoms with Crippen molar-refractivity contribution in [1.29, 1.82) is 0 Å². The van der Waals surface area contributed by atoms with Crippen LogP contribution in [0.15, 0.2) is 60.7 Å². The molecule has 1 aliphatic carbocycles. The van der Waals surface area contributed by atoms with Crippen molar-refractivity contribution in [2.45, 2.75) is 56.9 Å². The van der Waals surface area contributed by atoms with Gasteiger partial charge < -0.3 is 19.7 Å². The zero-order chi connectivity index (χ0) is 26.9. The van der Waals surface area contributed by atoms with Crippen molar-refractivity contribution < 1.29 is 14.3 Å². The molecule has 2 heterocycles. The van der Waals surface area contributed by atoms with Gasteiger partial charge in [-0.05, 0) is 71.7 Å². The maximum Gasteiger partial charge on any atom is 0.240 e. The van der Waals surface area contributed by atoms with E-state index in [0.717, 1.165) is 54.1 Å². The molecule has 204 valence electrons. The van der Waals surface area contributed by atoms with Crippen LogP contribution in [0.5, 0.6) is 11.5 Å². The molecule has 7 heteroatoms. The Hall–Kier alpha value is -3.06. The molecular formula is C32H36ClN3O3. The first-order chi connectivity index (χ1) is 19.0. The second-order valence-electron chi connectivity index (χ2n) is 10.9. The molecule has 0 saturated carbocycles. The first kappa shape index (κ1) is 26.2. The van der Waals surface area contributed by atoms with Gasteiger partial charge in [-0.1, -0.05) is 54.1 Å². The van der Waals surface area contributed by atoms with Crippen molar-refractivity contribution >= 4 is 17.5 Å². The maximum absolute atomic E-state index is 14.2. The third kappa shape index (κ3) is 5.25. The molecule has 0 spiro atoms. The second-order valence-corrected chi connectivity index (χ2v) is 11.3. The monoisotopic (exact) mass is 545 g/mol. The number of nitrogens with zero attached hydrogens (tertiary/aromatic N) is 2. The highest BCUT2D eigenvalue weighted by Gasteiger charge is 2.43. The summed E-state index contributed by atoms with van der Waals surface area (Å²) in [6, 6.07) is 21.2. The molecule has 6 rings (SSSR count). The van der Waals surface area contributed by atoms with Gasteiger partial charge in [0.1, 0.15) is 0 Å². The SMILES string of the molecule is COc1cc2c(cc1OC)CN(C(=O)[C@@H]1C[C@H](NCc3ccccc3Cl)CN1C1Cc3ccccc3C1)CC2. The highest BCUT2D eigenvalue weighted by molar-refractivity contribution is 6.31. The van der Waals surface area contributed by atoms with Crippen molar-refractivity contribution in [2.75, 3.05) is 27.3 Å². The highest BCUT2D eigenvalue weighted by Crippen LogP contribution is 2.35. The number of hydrogen-bond donors (Lipinski definition) is 1. The summed E-state index contributed by atoms with van der Waals surface area (Å²) in [7, 11) is 3.32. The van der Waals surface area contributed by atoms with Crippen LogP contribution >= 0.6 is 11.6 Å². The number of carbonyl (C=O) groups is 1. The molecular weight excluding hydrogens is 510 g/mol. The van der Waals surface area contributed by atoms with Crippen LogP contribution in [0.2, 0.25) is 5.02 Å². The van der Waals surface area contributed by atoms with Crippen LogP contribution in [0, 0.1) is 0 Å². The van der Waals surface area contributed by atoms with E-state index in [9.17, 15) is 4.79 Å². The first-order valence-electron chi connectivity index (χ1n) is 13.9. The summed E-state index contributed by atoms with van der Waals surface area (Å²) in [5.41, 5.74) is 6.28. The van der Waals surface area contributed by atoms with Gasteiger partial charge in [-0.15, -0.1) is 0 Å². The normalized spacial score (nSPS) is 21.1. The number of fused-ring (bicyclic) bond motifs is 2. The first-order valence-corrected chi connectivity index (χ1v) is 14.2. The van der Waals surface area contributed by atoms with Gasteiger partial charge in [-0.3, -0.25) is 9.69 Å². The van der Waals surface area contributed by atoms with E-state index in [1.807, 2.05) is 29.2 Å². The van der Waals surface area contributed by atoms with Gasteiger partial charge in [0.05, 0.1) is 20.3 Å². The largest absolute Gasteiger partial charge is 0.493 e. The lowest BCUT2D eigenvalue weighted by molar-refractivity contribution is -0.137. The zero-order valence-electron chi connectivity index (χ0n) is 22.7. The highest BCUT2D eigenvalue weighted by atomic mass is 35.5. The summed E-state index contributed by atoms with van der Waals surface area (Å²) < 4.78 is 11.0. The van der Waals surface area contributed by atoms with E-state index in [-0.39, 0.29) is 18.0 Å². The average molecular weight is 546 g/mol. The molecule has 0 unspecified atom stereocenters. The lowest BCUT2D eigenvalue weighted by atomic mass is 9.97. The van der Waals surface area contributed by atoms with Crippen molar-refractivity contribution in [1.82, 2.24) is 15.1 Å². The van der Waals surface area contributed by atoms with Gasteiger partial charge >= 0.3 is 0 Å². The fraction of sp³-hybridized carbons (Fsp3) is 0.406. The van der Waals surface area contributed by atoms with Gasteiger partial charge in [-0.25, -0.2) is 0 Å². The Morgan fingerprint density at radius 2 is 1.62 bits per heavy atom. The van der Waals surface area contributed by atoms with Gasteiger partial charge in [-0.2, -0.15) is 0 Å². The summed E-state index contributed by atoms with van der Waals surface area (Å²) in [6.45, 7) is 2.87. The number of benzene rings is 3. The van der Waals surface area contributed by atoms with Crippen LogP contribution in [0.25, 0.3) is 0 Å². The van der Waals surface area contributed by atoms with E-state index in [0.29, 0.717) is 31.4 Å². The lowest BCUT2D eigenvalue weighted by Gasteiger charge is -2.36. The van der Waals surface area contributed by atoms with E-state index in [1.54, 1.807) is 14.2 Å². The predicted octanol–water partition coefficient (Wildman–Crippen LogP) is 4.64. The minimum atomic E-state index is -0.144. The van der Waals surface area contributed by atoms with Crippen LogP contribution in [0.4, 0.5) is 0 Å². The fourth-order valence-corrected chi connectivity index (χ4v) is 6.81. The van der Waals surface area contributed by atoms with Crippen molar-refractivity contribution in [3.05, 3.63) is 93.5 Å². The van der Waals surface area contributed by atoms with E-state index in [4.69, 9.17) is 21.1 Å². The molecule has 0 radical (unpaired) electrons. The van der Waals surface area contributed by atoms with E-state index in [1.165, 1.54) is 16.7 Å². The molecule has 3 aromatic carbocycles. The number of likely N-dealkylation sites (tertiary alicyclic amines) is 1. The van der Waals surface area contributed by atoms with Gasteiger partial charge in [0, 0.05) is 43.3 Å². The Balaban J connectivity index is 1.21. The second kappa shape index (κ2) is 11.2. The Kier molecular flexibility index (Phi) is 7.52. The zero-order valence-corrected chi connectivity index (χ0v) is 23.4. The Labute approximate surface area is 235 Å². The number of hydrogen-bond acceptors (Lipinski definition) is 5. The number of methoxy groups -OCH3 is 2. The summed E-state index contributed by atoms with van der Waals surface area (Å²) in [5.74, 6) is 1.68. The minimum absolute atomic E-state index is 0.144. The molecule has 6 nitrogen and oxygen atoms in total. The number of ether oxygens (including phenoxy) is 2. The number of nitrogens with one attached hydrogen (secondary N) is 1. The van der Waals surface area contributed by atoms with E-state index >= 15 is 0 Å². The van der Waals surface area contributed by atoms with Gasteiger partial charge in [0.15, 0.2) is 11.5 Å². The number of halogens is 1. The fourth-order valence-electron chi connectivity index (χ4n) is 6.60. The molecule has 1 saturated heterocycles. The number of carbonyl (C=O) groups excluding carboxylic acids is 1. The molecule has 39 heavy (non-hydrogen) atoms. The molecule has 2 atom stereocenters. The lowest BCUT2D eigenvalue weighted by Crippen LogP contribution is -2.50. The smallest absolute Gasteiger partial charge is 0.240 e. The quantitative estimate of drug-likeness (QED) is 0.469.